The first-order chi connectivity index (χ1) is 13.1. The van der Waals surface area contributed by atoms with Crippen molar-refractivity contribution in [1.82, 2.24) is 5.43 Å². The molecule has 2 aromatic carbocycles. The number of para-hydroxylation sites is 1. The van der Waals surface area contributed by atoms with E-state index < -0.39 is 11.5 Å². The van der Waals surface area contributed by atoms with Crippen LogP contribution in [-0.4, -0.2) is 25.8 Å². The van der Waals surface area contributed by atoms with Crippen LogP contribution in [0.5, 0.6) is 11.5 Å². The lowest BCUT2D eigenvalue weighted by atomic mass is 10.1. The highest BCUT2D eigenvalue weighted by Crippen LogP contribution is 2.22. The van der Waals surface area contributed by atoms with Gasteiger partial charge in [0.15, 0.2) is 6.61 Å². The van der Waals surface area contributed by atoms with Crippen LogP contribution < -0.4 is 20.5 Å². The van der Waals surface area contributed by atoms with Crippen LogP contribution in [0.3, 0.4) is 0 Å². The fourth-order valence-electron chi connectivity index (χ4n) is 2.52. The van der Waals surface area contributed by atoms with E-state index in [-0.39, 0.29) is 6.61 Å². The second kappa shape index (κ2) is 8.18. The number of amides is 1. The van der Waals surface area contributed by atoms with Gasteiger partial charge >= 0.3 is 5.63 Å². The van der Waals surface area contributed by atoms with Gasteiger partial charge in [0.05, 0.1) is 13.3 Å². The quantitative estimate of drug-likeness (QED) is 0.411. The SMILES string of the molecule is COc1ccccc1/C=N\NC(=O)COc1ccc2c(C)cc(=O)oc2c1. The number of aryl methyl sites for hydroxylation is 1. The zero-order valence-corrected chi connectivity index (χ0v) is 14.9. The molecule has 1 amide bonds. The number of hydrazone groups is 1. The van der Waals surface area contributed by atoms with Crippen molar-refractivity contribution in [3.8, 4) is 11.5 Å². The van der Waals surface area contributed by atoms with Crippen molar-refractivity contribution in [3.05, 3.63) is 70.1 Å². The van der Waals surface area contributed by atoms with E-state index in [1.807, 2.05) is 25.1 Å². The number of nitrogens with one attached hydrogen (secondary N) is 1. The summed E-state index contributed by atoms with van der Waals surface area (Å²) < 4.78 is 15.8. The van der Waals surface area contributed by atoms with Gasteiger partial charge in [-0.2, -0.15) is 5.10 Å². The Morgan fingerprint density at radius 3 is 2.85 bits per heavy atom. The number of carbonyl (C=O) groups is 1. The zero-order valence-electron chi connectivity index (χ0n) is 14.9. The summed E-state index contributed by atoms with van der Waals surface area (Å²) in [5.41, 5.74) is 3.92. The molecule has 0 saturated heterocycles. The summed E-state index contributed by atoms with van der Waals surface area (Å²) in [6, 6.07) is 13.8. The summed E-state index contributed by atoms with van der Waals surface area (Å²) in [6.45, 7) is 1.60. The molecule has 0 radical (unpaired) electrons. The van der Waals surface area contributed by atoms with E-state index in [0.717, 1.165) is 16.5 Å². The molecular formula is C20H18N2O5. The molecule has 0 bridgehead atoms. The summed E-state index contributed by atoms with van der Waals surface area (Å²) in [5, 5.41) is 4.70. The number of methoxy groups -OCH3 is 1. The Bertz CT molecular complexity index is 1060. The molecule has 0 saturated carbocycles. The Hall–Kier alpha value is -3.61. The van der Waals surface area contributed by atoms with E-state index >= 15 is 0 Å². The van der Waals surface area contributed by atoms with Gasteiger partial charge in [-0.1, -0.05) is 12.1 Å². The van der Waals surface area contributed by atoms with Gasteiger partial charge in [-0.15, -0.1) is 0 Å². The number of hydrogen-bond acceptors (Lipinski definition) is 6. The van der Waals surface area contributed by atoms with E-state index in [0.29, 0.717) is 17.1 Å². The standard InChI is InChI=1S/C20H18N2O5/c1-13-9-20(24)27-18-10-15(7-8-16(13)18)26-12-19(23)22-21-11-14-5-3-4-6-17(14)25-2/h3-11H,12H2,1-2H3,(H,22,23)/b21-11-. The highest BCUT2D eigenvalue weighted by atomic mass is 16.5. The number of rotatable bonds is 6. The van der Waals surface area contributed by atoms with Crippen LogP contribution in [-0.2, 0) is 4.79 Å². The van der Waals surface area contributed by atoms with Gasteiger partial charge in [0.25, 0.3) is 5.91 Å². The maximum absolute atomic E-state index is 11.9. The molecule has 0 aliphatic rings. The molecule has 3 aromatic rings. The molecule has 0 atom stereocenters. The molecule has 0 aliphatic carbocycles. The van der Waals surface area contributed by atoms with Gasteiger partial charge < -0.3 is 13.9 Å². The van der Waals surface area contributed by atoms with Crippen molar-refractivity contribution in [3.63, 3.8) is 0 Å². The summed E-state index contributed by atoms with van der Waals surface area (Å²) in [7, 11) is 1.56. The van der Waals surface area contributed by atoms with Crippen LogP contribution in [0.25, 0.3) is 11.0 Å². The molecule has 138 valence electrons. The minimum Gasteiger partial charge on any atom is -0.496 e. The topological polar surface area (TPSA) is 90.1 Å². The van der Waals surface area contributed by atoms with Gasteiger partial charge in [0.1, 0.15) is 17.1 Å². The number of hydrogen-bond donors (Lipinski definition) is 1. The smallest absolute Gasteiger partial charge is 0.336 e. The van der Waals surface area contributed by atoms with Crippen molar-refractivity contribution in [2.45, 2.75) is 6.92 Å². The Morgan fingerprint density at radius 2 is 2.04 bits per heavy atom. The monoisotopic (exact) mass is 366 g/mol. The van der Waals surface area contributed by atoms with Crippen molar-refractivity contribution in [2.75, 3.05) is 13.7 Å². The Kier molecular flexibility index (Phi) is 5.51. The van der Waals surface area contributed by atoms with Crippen LogP contribution in [0.1, 0.15) is 11.1 Å². The molecule has 0 fully saturated rings. The Morgan fingerprint density at radius 1 is 1.22 bits per heavy atom. The molecule has 0 unspecified atom stereocenters. The lowest BCUT2D eigenvalue weighted by Crippen LogP contribution is -2.24. The predicted molar refractivity (Wildman–Crippen MR) is 101 cm³/mol. The summed E-state index contributed by atoms with van der Waals surface area (Å²) >= 11 is 0. The fourth-order valence-corrected chi connectivity index (χ4v) is 2.52. The average Bonchev–Trinajstić information content (AvgIpc) is 2.66. The predicted octanol–water partition coefficient (Wildman–Crippen LogP) is 2.64. The van der Waals surface area contributed by atoms with Crippen molar-refractivity contribution in [1.29, 1.82) is 0 Å². The molecule has 0 spiro atoms. The molecule has 0 aliphatic heterocycles. The number of fused-ring (bicyclic) bond motifs is 1. The Balaban J connectivity index is 1.60. The maximum atomic E-state index is 11.9. The first-order valence-corrected chi connectivity index (χ1v) is 8.19. The largest absolute Gasteiger partial charge is 0.496 e. The first-order valence-electron chi connectivity index (χ1n) is 8.19. The minimum absolute atomic E-state index is 0.231. The van der Waals surface area contributed by atoms with Crippen LogP contribution >= 0.6 is 0 Å². The minimum atomic E-state index is -0.430. The van der Waals surface area contributed by atoms with Crippen LogP contribution in [0, 0.1) is 6.92 Å². The first kappa shape index (κ1) is 18.2. The van der Waals surface area contributed by atoms with E-state index in [1.54, 1.807) is 31.4 Å². The molecule has 7 heteroatoms. The fraction of sp³-hybridized carbons (Fsp3) is 0.150. The number of nitrogens with zero attached hydrogens (tertiary/aromatic N) is 1. The second-order valence-electron chi connectivity index (χ2n) is 5.73. The number of benzene rings is 2. The Labute approximate surface area is 155 Å². The lowest BCUT2D eigenvalue weighted by Gasteiger charge is -2.07. The van der Waals surface area contributed by atoms with E-state index in [1.165, 1.54) is 12.3 Å². The molecule has 1 heterocycles. The van der Waals surface area contributed by atoms with Gasteiger partial charge in [-0.3, -0.25) is 4.79 Å². The summed E-state index contributed by atoms with van der Waals surface area (Å²) in [5.74, 6) is 0.645. The van der Waals surface area contributed by atoms with Crippen molar-refractivity contribution < 1.29 is 18.7 Å². The third kappa shape index (κ3) is 4.52. The van der Waals surface area contributed by atoms with E-state index in [2.05, 4.69) is 10.5 Å². The zero-order chi connectivity index (χ0) is 19.2. The second-order valence-corrected chi connectivity index (χ2v) is 5.73. The molecule has 1 aromatic heterocycles. The summed E-state index contributed by atoms with van der Waals surface area (Å²) in [4.78, 5) is 23.3. The number of ether oxygens (including phenoxy) is 2. The summed E-state index contributed by atoms with van der Waals surface area (Å²) in [6.07, 6.45) is 1.49. The molecule has 7 nitrogen and oxygen atoms in total. The van der Waals surface area contributed by atoms with Crippen molar-refractivity contribution in [2.24, 2.45) is 5.10 Å². The lowest BCUT2D eigenvalue weighted by molar-refractivity contribution is -0.123. The van der Waals surface area contributed by atoms with E-state index in [4.69, 9.17) is 13.9 Å². The average molecular weight is 366 g/mol. The molecular weight excluding hydrogens is 348 g/mol. The van der Waals surface area contributed by atoms with Crippen LogP contribution in [0.4, 0.5) is 0 Å². The maximum Gasteiger partial charge on any atom is 0.336 e. The number of carbonyl (C=O) groups excluding carboxylic acids is 1. The van der Waals surface area contributed by atoms with Gasteiger partial charge in [0.2, 0.25) is 0 Å². The van der Waals surface area contributed by atoms with Crippen LogP contribution in [0.2, 0.25) is 0 Å². The molecule has 27 heavy (non-hydrogen) atoms. The van der Waals surface area contributed by atoms with Crippen LogP contribution in [0.15, 0.2) is 62.8 Å². The van der Waals surface area contributed by atoms with Gasteiger partial charge in [-0.05, 0) is 36.8 Å². The third-order valence-electron chi connectivity index (χ3n) is 3.82. The van der Waals surface area contributed by atoms with Gasteiger partial charge in [-0.25, -0.2) is 10.2 Å². The normalized spacial score (nSPS) is 10.9. The molecule has 1 N–H and O–H groups in total. The van der Waals surface area contributed by atoms with Gasteiger partial charge in [0, 0.05) is 23.1 Å². The van der Waals surface area contributed by atoms with E-state index in [9.17, 15) is 9.59 Å². The highest BCUT2D eigenvalue weighted by molar-refractivity contribution is 5.85. The van der Waals surface area contributed by atoms with Crippen molar-refractivity contribution >= 4 is 23.1 Å². The highest BCUT2D eigenvalue weighted by Gasteiger charge is 2.06. The third-order valence-corrected chi connectivity index (χ3v) is 3.82. The molecule has 3 rings (SSSR count).